The quantitative estimate of drug-likeness (QED) is 0.182. The molecule has 3 heterocycles. The van der Waals surface area contributed by atoms with Gasteiger partial charge in [-0.2, -0.15) is 0 Å². The molecule has 0 saturated heterocycles. The van der Waals surface area contributed by atoms with Gasteiger partial charge in [0.05, 0.1) is 11.0 Å². The maximum absolute atomic E-state index is 5.38. The lowest BCUT2D eigenvalue weighted by Gasteiger charge is -2.24. The molecular weight excluding hydrogens is 701 g/mol. The number of thiophene rings is 1. The van der Waals surface area contributed by atoms with E-state index in [4.69, 9.17) is 9.98 Å². The summed E-state index contributed by atoms with van der Waals surface area (Å²) in [6.45, 7) is 0. The van der Waals surface area contributed by atoms with Crippen LogP contribution in [0.4, 0.5) is 0 Å². The average Bonchev–Trinajstić information content (AvgIpc) is 3.82. The summed E-state index contributed by atoms with van der Waals surface area (Å²) in [5.41, 5.74) is 11.2. The molecule has 0 saturated carbocycles. The smallest absolute Gasteiger partial charge is 0.160 e. The molecule has 1 N–H and O–H groups in total. The van der Waals surface area contributed by atoms with Gasteiger partial charge in [-0.15, -0.1) is 11.3 Å². The number of nitrogens with one attached hydrogen (secondary N) is 1. The fraction of sp³-hybridized carbons (Fsp3) is 0.0196. The van der Waals surface area contributed by atoms with Crippen LogP contribution in [0.1, 0.15) is 22.9 Å². The number of nitrogens with zero attached hydrogens (tertiary/aromatic N) is 3. The monoisotopic (exact) mass is 734 g/mol. The van der Waals surface area contributed by atoms with Crippen molar-refractivity contribution in [3.8, 4) is 27.9 Å². The van der Waals surface area contributed by atoms with Crippen LogP contribution in [-0.4, -0.2) is 16.2 Å². The summed E-state index contributed by atoms with van der Waals surface area (Å²) in [5, 5.41) is 8.59. The third-order valence-corrected chi connectivity index (χ3v) is 12.1. The third kappa shape index (κ3) is 5.52. The lowest BCUT2D eigenvalue weighted by atomic mass is 10.0. The summed E-state index contributed by atoms with van der Waals surface area (Å²) in [6, 6.07) is 69.2. The highest BCUT2D eigenvalue weighted by Gasteiger charge is 2.24. The van der Waals surface area contributed by atoms with Gasteiger partial charge >= 0.3 is 0 Å². The highest BCUT2D eigenvalue weighted by Crippen LogP contribution is 2.39. The molecule has 10 aromatic rings. The van der Waals surface area contributed by atoms with E-state index in [1.54, 1.807) is 0 Å². The predicted molar refractivity (Wildman–Crippen MR) is 236 cm³/mol. The second kappa shape index (κ2) is 13.3. The second-order valence-corrected chi connectivity index (χ2v) is 15.3. The first-order valence-corrected chi connectivity index (χ1v) is 19.8. The zero-order valence-corrected chi connectivity index (χ0v) is 31.1. The van der Waals surface area contributed by atoms with Gasteiger partial charge in [0.25, 0.3) is 0 Å². The van der Waals surface area contributed by atoms with Crippen molar-refractivity contribution < 1.29 is 0 Å². The van der Waals surface area contributed by atoms with Crippen LogP contribution in [0.2, 0.25) is 0 Å². The molecule has 0 bridgehead atoms. The molecule has 56 heavy (non-hydrogen) atoms. The molecule has 0 spiro atoms. The highest BCUT2D eigenvalue weighted by atomic mass is 32.1. The number of para-hydroxylation sites is 1. The molecule has 1 atom stereocenters. The van der Waals surface area contributed by atoms with Gasteiger partial charge in [-0.3, -0.25) is 0 Å². The van der Waals surface area contributed by atoms with Gasteiger partial charge in [0, 0.05) is 47.8 Å². The largest absolute Gasteiger partial charge is 0.344 e. The summed E-state index contributed by atoms with van der Waals surface area (Å²) in [7, 11) is 0. The van der Waals surface area contributed by atoms with E-state index in [-0.39, 0.29) is 6.17 Å². The number of aliphatic imine (C=N–C) groups is 2. The van der Waals surface area contributed by atoms with Crippen molar-refractivity contribution in [2.75, 3.05) is 0 Å². The Bertz CT molecular complexity index is 3140. The molecule has 0 amide bonds. The summed E-state index contributed by atoms with van der Waals surface area (Å²) in [6.07, 6.45) is -0.339. The Morgan fingerprint density at radius 3 is 1.80 bits per heavy atom. The minimum atomic E-state index is -0.339. The SMILES string of the molecule is c1ccc(-c2ccc(C3=NC(c4cccc5c4c4ccccc4n5-c4ccc5sc6ccccc6c5c4)=NC(c4ccc(-c5ccccc5)cc4)N3)cc2)cc1. The van der Waals surface area contributed by atoms with Gasteiger partial charge in [-0.1, -0.05) is 158 Å². The Morgan fingerprint density at radius 1 is 0.464 bits per heavy atom. The number of aromatic nitrogens is 1. The molecule has 264 valence electrons. The van der Waals surface area contributed by atoms with E-state index >= 15 is 0 Å². The number of fused-ring (bicyclic) bond motifs is 6. The molecule has 0 fully saturated rings. The van der Waals surface area contributed by atoms with Crippen molar-refractivity contribution in [1.29, 1.82) is 0 Å². The van der Waals surface area contributed by atoms with Crippen molar-refractivity contribution in [2.24, 2.45) is 9.98 Å². The fourth-order valence-corrected chi connectivity index (χ4v) is 9.25. The van der Waals surface area contributed by atoms with Crippen molar-refractivity contribution >= 4 is 65.0 Å². The first-order valence-electron chi connectivity index (χ1n) is 18.9. The fourth-order valence-electron chi connectivity index (χ4n) is 8.16. The van der Waals surface area contributed by atoms with Gasteiger partial charge in [0.15, 0.2) is 5.84 Å². The zero-order valence-electron chi connectivity index (χ0n) is 30.3. The Kier molecular flexibility index (Phi) is 7.71. The minimum absolute atomic E-state index is 0.339. The molecule has 1 aliphatic heterocycles. The van der Waals surface area contributed by atoms with Crippen LogP contribution in [0, 0.1) is 0 Å². The minimum Gasteiger partial charge on any atom is -0.344 e. The van der Waals surface area contributed by atoms with E-state index in [0.29, 0.717) is 5.84 Å². The van der Waals surface area contributed by atoms with E-state index < -0.39 is 0 Å². The van der Waals surface area contributed by atoms with E-state index in [0.717, 1.165) is 44.6 Å². The Morgan fingerprint density at radius 2 is 1.05 bits per heavy atom. The first-order chi connectivity index (χ1) is 27.7. The molecule has 8 aromatic carbocycles. The van der Waals surface area contributed by atoms with Crippen LogP contribution in [0.15, 0.2) is 204 Å². The van der Waals surface area contributed by atoms with Crippen LogP contribution < -0.4 is 5.32 Å². The van der Waals surface area contributed by atoms with Crippen molar-refractivity contribution in [2.45, 2.75) is 6.17 Å². The number of hydrogen-bond acceptors (Lipinski definition) is 4. The first kappa shape index (κ1) is 32.4. The maximum Gasteiger partial charge on any atom is 0.160 e. The van der Waals surface area contributed by atoms with Gasteiger partial charge in [0.2, 0.25) is 0 Å². The van der Waals surface area contributed by atoms with Gasteiger partial charge < -0.3 is 9.88 Å². The molecule has 0 radical (unpaired) electrons. The maximum atomic E-state index is 5.38. The summed E-state index contributed by atoms with van der Waals surface area (Å²) >= 11 is 1.85. The number of amidine groups is 2. The molecule has 0 aliphatic carbocycles. The standard InChI is InChI=1S/C51H34N4S/c1-3-12-33(13-4-1)35-22-26-37(27-23-35)49-52-50(38-28-24-36(25-29-38)34-14-5-2-6-15-34)54-51(53-49)42-18-11-20-45-48(42)41-17-7-9-19-44(41)55(45)39-30-31-47-43(32-39)40-16-8-10-21-46(40)56-47/h1-32,49H,(H,52,53,54). The van der Waals surface area contributed by atoms with Crippen LogP contribution in [0.5, 0.6) is 0 Å². The molecule has 2 aromatic heterocycles. The predicted octanol–water partition coefficient (Wildman–Crippen LogP) is 13.0. The van der Waals surface area contributed by atoms with E-state index in [1.165, 1.54) is 47.8 Å². The molecule has 1 unspecified atom stereocenters. The molecule has 1 aliphatic rings. The average molecular weight is 735 g/mol. The lowest BCUT2D eigenvalue weighted by Crippen LogP contribution is -2.33. The summed E-state index contributed by atoms with van der Waals surface area (Å²) in [5.74, 6) is 1.50. The summed E-state index contributed by atoms with van der Waals surface area (Å²) < 4.78 is 5.00. The van der Waals surface area contributed by atoms with Crippen LogP contribution in [0.3, 0.4) is 0 Å². The van der Waals surface area contributed by atoms with E-state index in [9.17, 15) is 0 Å². The van der Waals surface area contributed by atoms with Crippen molar-refractivity contribution in [3.63, 3.8) is 0 Å². The van der Waals surface area contributed by atoms with Gasteiger partial charge in [0.1, 0.15) is 12.0 Å². The molecular formula is C51H34N4S. The Balaban J connectivity index is 1.07. The van der Waals surface area contributed by atoms with E-state index in [1.807, 2.05) is 17.4 Å². The molecule has 11 rings (SSSR count). The normalized spacial score (nSPS) is 14.2. The van der Waals surface area contributed by atoms with Gasteiger partial charge in [-0.25, -0.2) is 9.98 Å². The van der Waals surface area contributed by atoms with Crippen LogP contribution >= 0.6 is 11.3 Å². The summed E-state index contributed by atoms with van der Waals surface area (Å²) in [4.78, 5) is 10.7. The number of rotatable bonds is 6. The lowest BCUT2D eigenvalue weighted by molar-refractivity contribution is 0.674. The number of hydrogen-bond donors (Lipinski definition) is 1. The Labute approximate surface area is 328 Å². The van der Waals surface area contributed by atoms with E-state index in [2.05, 4.69) is 198 Å². The van der Waals surface area contributed by atoms with Crippen LogP contribution in [-0.2, 0) is 0 Å². The highest BCUT2D eigenvalue weighted by molar-refractivity contribution is 7.25. The van der Waals surface area contributed by atoms with Crippen molar-refractivity contribution in [3.05, 3.63) is 211 Å². The third-order valence-electron chi connectivity index (χ3n) is 10.9. The van der Waals surface area contributed by atoms with Gasteiger partial charge in [-0.05, 0) is 64.2 Å². The molecule has 5 heteroatoms. The zero-order chi connectivity index (χ0) is 37.0. The van der Waals surface area contributed by atoms with Crippen molar-refractivity contribution in [1.82, 2.24) is 9.88 Å². The van der Waals surface area contributed by atoms with Crippen LogP contribution in [0.25, 0.3) is 69.9 Å². The number of benzene rings is 8. The molecule has 4 nitrogen and oxygen atoms in total. The Hall–Kier alpha value is -7.08. The second-order valence-electron chi connectivity index (χ2n) is 14.2. The topological polar surface area (TPSA) is 41.7 Å².